The van der Waals surface area contributed by atoms with Crippen LogP contribution in [0.15, 0.2) is 44.1 Å². The van der Waals surface area contributed by atoms with E-state index < -0.39 is 6.10 Å². The molecule has 3 N–H and O–H groups in total. The minimum Gasteiger partial charge on any atom is -0.384 e. The molecule has 0 bridgehead atoms. The van der Waals surface area contributed by atoms with Crippen LogP contribution >= 0.6 is 31.9 Å². The van der Waals surface area contributed by atoms with Crippen molar-refractivity contribution in [3.05, 3.63) is 66.5 Å². The van der Waals surface area contributed by atoms with Crippen molar-refractivity contribution < 1.29 is 5.11 Å². The lowest BCUT2D eigenvalue weighted by Gasteiger charge is -2.16. The summed E-state index contributed by atoms with van der Waals surface area (Å²) in [6.45, 7) is 1.97. The van der Waals surface area contributed by atoms with Crippen LogP contribution in [0.25, 0.3) is 11.0 Å². The van der Waals surface area contributed by atoms with E-state index in [9.17, 15) is 9.90 Å². The van der Waals surface area contributed by atoms with Gasteiger partial charge in [-0.25, -0.2) is 4.79 Å². The highest BCUT2D eigenvalue weighted by molar-refractivity contribution is 9.10. The number of hydrogen-bond acceptors (Lipinski definition) is 2. The molecule has 0 radical (unpaired) electrons. The average Bonchev–Trinajstić information content (AvgIpc) is 2.79. The first-order valence-electron chi connectivity index (χ1n) is 6.32. The second kappa shape index (κ2) is 5.44. The van der Waals surface area contributed by atoms with Crippen LogP contribution in [-0.2, 0) is 0 Å². The molecule has 0 saturated carbocycles. The number of fused-ring (bicyclic) bond motifs is 1. The van der Waals surface area contributed by atoms with E-state index in [0.717, 1.165) is 20.1 Å². The molecule has 4 nitrogen and oxygen atoms in total. The lowest BCUT2D eigenvalue weighted by Crippen LogP contribution is -2.02. The van der Waals surface area contributed by atoms with Crippen LogP contribution in [0.3, 0.4) is 0 Å². The first-order chi connectivity index (χ1) is 9.97. The number of aromatic amines is 2. The van der Waals surface area contributed by atoms with Gasteiger partial charge in [-0.1, -0.05) is 50.1 Å². The summed E-state index contributed by atoms with van der Waals surface area (Å²) >= 11 is 6.97. The normalized spacial score (nSPS) is 12.8. The van der Waals surface area contributed by atoms with Gasteiger partial charge in [0.25, 0.3) is 0 Å². The van der Waals surface area contributed by atoms with Gasteiger partial charge >= 0.3 is 5.69 Å². The Balaban J connectivity index is 2.16. The van der Waals surface area contributed by atoms with Gasteiger partial charge < -0.3 is 15.1 Å². The number of imidazole rings is 1. The summed E-state index contributed by atoms with van der Waals surface area (Å²) in [6.07, 6.45) is -0.795. The fraction of sp³-hybridized carbons (Fsp3) is 0.133. The van der Waals surface area contributed by atoms with Crippen molar-refractivity contribution in [1.29, 1.82) is 0 Å². The third-order valence-corrected chi connectivity index (χ3v) is 5.21. The summed E-state index contributed by atoms with van der Waals surface area (Å²) in [5.74, 6) is 0. The third-order valence-electron chi connectivity index (χ3n) is 3.44. The highest BCUT2D eigenvalue weighted by atomic mass is 79.9. The van der Waals surface area contributed by atoms with Crippen LogP contribution in [0.4, 0.5) is 0 Å². The molecule has 21 heavy (non-hydrogen) atoms. The predicted octanol–water partition coefficient (Wildman–Crippen LogP) is 3.77. The molecule has 0 fully saturated rings. The van der Waals surface area contributed by atoms with E-state index in [2.05, 4.69) is 41.8 Å². The van der Waals surface area contributed by atoms with Crippen molar-refractivity contribution >= 4 is 42.9 Å². The zero-order valence-corrected chi connectivity index (χ0v) is 14.2. The molecule has 2 aromatic carbocycles. The van der Waals surface area contributed by atoms with E-state index in [4.69, 9.17) is 0 Å². The molecule has 1 aromatic heterocycles. The summed E-state index contributed by atoms with van der Waals surface area (Å²) in [4.78, 5) is 16.8. The zero-order valence-electron chi connectivity index (χ0n) is 11.1. The number of aromatic nitrogens is 2. The maximum Gasteiger partial charge on any atom is 0.323 e. The number of rotatable bonds is 2. The van der Waals surface area contributed by atoms with E-state index in [1.165, 1.54) is 0 Å². The molecule has 6 heteroatoms. The summed E-state index contributed by atoms with van der Waals surface area (Å²) < 4.78 is 1.62. The van der Waals surface area contributed by atoms with Crippen LogP contribution in [0.1, 0.15) is 22.8 Å². The molecular weight excluding hydrogens is 400 g/mol. The molecule has 3 aromatic rings. The zero-order chi connectivity index (χ0) is 15.1. The Morgan fingerprint density at radius 1 is 1.10 bits per heavy atom. The summed E-state index contributed by atoms with van der Waals surface area (Å²) in [6, 6.07) is 9.32. The number of H-pyrrole nitrogens is 2. The summed E-state index contributed by atoms with van der Waals surface area (Å²) in [7, 11) is 0. The van der Waals surface area contributed by atoms with Gasteiger partial charge in [0, 0.05) is 14.5 Å². The lowest BCUT2D eigenvalue weighted by molar-refractivity contribution is 0.219. The standard InChI is InChI=1S/C15H12Br2N2O2/c1-7-3-2-4-8(13(7)17)14(20)9-5-11-12(6-10(9)16)19-15(21)18-11/h2-6,14,20H,1H3,(H2,18,19,21). The number of aliphatic hydroxyl groups is 1. The molecule has 108 valence electrons. The molecule has 1 unspecified atom stereocenters. The van der Waals surface area contributed by atoms with E-state index in [1.54, 1.807) is 12.1 Å². The lowest BCUT2D eigenvalue weighted by atomic mass is 9.99. The van der Waals surface area contributed by atoms with Crippen molar-refractivity contribution in [3.63, 3.8) is 0 Å². The van der Waals surface area contributed by atoms with Gasteiger partial charge in [-0.15, -0.1) is 0 Å². The van der Waals surface area contributed by atoms with E-state index >= 15 is 0 Å². The number of benzene rings is 2. The Hall–Kier alpha value is -1.37. The summed E-state index contributed by atoms with van der Waals surface area (Å²) in [5.41, 5.74) is 3.64. The largest absolute Gasteiger partial charge is 0.384 e. The Labute approximate surface area is 137 Å². The average molecular weight is 412 g/mol. The molecule has 0 saturated heterocycles. The van der Waals surface area contributed by atoms with E-state index in [1.807, 2.05) is 25.1 Å². The molecule has 0 aliphatic rings. The van der Waals surface area contributed by atoms with Crippen LogP contribution in [-0.4, -0.2) is 15.1 Å². The van der Waals surface area contributed by atoms with Gasteiger partial charge in [-0.05, 0) is 30.2 Å². The van der Waals surface area contributed by atoms with Crippen molar-refractivity contribution in [2.24, 2.45) is 0 Å². The Kier molecular flexibility index (Phi) is 3.77. The van der Waals surface area contributed by atoms with Crippen molar-refractivity contribution in [3.8, 4) is 0 Å². The number of halogens is 2. The van der Waals surface area contributed by atoms with Gasteiger partial charge in [-0.2, -0.15) is 0 Å². The van der Waals surface area contributed by atoms with Crippen LogP contribution in [0.2, 0.25) is 0 Å². The molecular formula is C15H12Br2N2O2. The smallest absolute Gasteiger partial charge is 0.323 e. The van der Waals surface area contributed by atoms with E-state index in [0.29, 0.717) is 16.6 Å². The Morgan fingerprint density at radius 3 is 2.48 bits per heavy atom. The minimum atomic E-state index is -0.795. The quantitative estimate of drug-likeness (QED) is 0.600. The number of aryl methyl sites for hydroxylation is 1. The first-order valence-corrected chi connectivity index (χ1v) is 7.90. The van der Waals surface area contributed by atoms with Gasteiger partial charge in [0.2, 0.25) is 0 Å². The van der Waals surface area contributed by atoms with Gasteiger partial charge in [-0.3, -0.25) is 0 Å². The number of hydrogen-bond donors (Lipinski definition) is 3. The fourth-order valence-corrected chi connectivity index (χ4v) is 3.37. The highest BCUT2D eigenvalue weighted by Crippen LogP contribution is 2.35. The number of nitrogens with one attached hydrogen (secondary N) is 2. The highest BCUT2D eigenvalue weighted by Gasteiger charge is 2.18. The van der Waals surface area contributed by atoms with Crippen molar-refractivity contribution in [2.45, 2.75) is 13.0 Å². The first kappa shape index (κ1) is 14.6. The monoisotopic (exact) mass is 410 g/mol. The molecule has 3 rings (SSSR count). The van der Waals surface area contributed by atoms with Crippen LogP contribution < -0.4 is 5.69 Å². The van der Waals surface area contributed by atoms with Gasteiger partial charge in [0.15, 0.2) is 0 Å². The van der Waals surface area contributed by atoms with Gasteiger partial charge in [0.05, 0.1) is 11.0 Å². The van der Waals surface area contributed by atoms with Crippen LogP contribution in [0, 0.1) is 6.92 Å². The summed E-state index contributed by atoms with van der Waals surface area (Å²) in [5, 5.41) is 10.7. The van der Waals surface area contributed by atoms with E-state index in [-0.39, 0.29) is 5.69 Å². The molecule has 0 aliphatic heterocycles. The Bertz CT molecular complexity index is 883. The molecule has 0 aliphatic carbocycles. The van der Waals surface area contributed by atoms with Crippen molar-refractivity contribution in [1.82, 2.24) is 9.97 Å². The molecule has 1 heterocycles. The fourth-order valence-electron chi connectivity index (χ4n) is 2.33. The second-order valence-corrected chi connectivity index (χ2v) is 6.53. The maximum atomic E-state index is 11.4. The minimum absolute atomic E-state index is 0.264. The molecule has 0 amide bonds. The topological polar surface area (TPSA) is 68.9 Å². The van der Waals surface area contributed by atoms with Crippen LogP contribution in [0.5, 0.6) is 0 Å². The molecule has 1 atom stereocenters. The predicted molar refractivity (Wildman–Crippen MR) is 89.6 cm³/mol. The SMILES string of the molecule is Cc1cccc(C(O)c2cc3[nH]c(=O)[nH]c3cc2Br)c1Br. The molecule has 0 spiro atoms. The Morgan fingerprint density at radius 2 is 1.76 bits per heavy atom. The second-order valence-electron chi connectivity index (χ2n) is 4.88. The number of aliphatic hydroxyl groups excluding tert-OH is 1. The maximum absolute atomic E-state index is 11.4. The van der Waals surface area contributed by atoms with Crippen molar-refractivity contribution in [2.75, 3.05) is 0 Å². The third kappa shape index (κ3) is 2.59. The van der Waals surface area contributed by atoms with Gasteiger partial charge in [0.1, 0.15) is 6.10 Å².